The summed E-state index contributed by atoms with van der Waals surface area (Å²) in [6, 6.07) is 1.83. The van der Waals surface area contributed by atoms with Crippen molar-refractivity contribution in [3.05, 3.63) is 20.3 Å². The van der Waals surface area contributed by atoms with E-state index in [0.29, 0.717) is 17.3 Å². The number of aryl methyl sites for hydroxylation is 1. The molecule has 1 heterocycles. The number of rotatable bonds is 7. The summed E-state index contributed by atoms with van der Waals surface area (Å²) in [6.45, 7) is 6.44. The number of carbonyl (C=O) groups excluding carboxylic acids is 1. The van der Waals surface area contributed by atoms with Crippen LogP contribution in [0.25, 0.3) is 0 Å². The van der Waals surface area contributed by atoms with E-state index in [9.17, 15) is 9.59 Å². The molecule has 1 rings (SSSR count). The molecule has 0 spiro atoms. The predicted molar refractivity (Wildman–Crippen MR) is 84.3 cm³/mol. The molecule has 0 radical (unpaired) electrons. The van der Waals surface area contributed by atoms with Gasteiger partial charge in [-0.15, -0.1) is 11.3 Å². The van der Waals surface area contributed by atoms with Crippen LogP contribution < -0.4 is 5.32 Å². The summed E-state index contributed by atoms with van der Waals surface area (Å²) in [5, 5.41) is 11.7. The van der Waals surface area contributed by atoms with Gasteiger partial charge in [0.2, 0.25) is 0 Å². The Morgan fingerprint density at radius 2 is 2.10 bits per heavy atom. The fraction of sp³-hybridized carbons (Fsp3) is 0.571. The minimum absolute atomic E-state index is 0.0269. The van der Waals surface area contributed by atoms with Crippen LogP contribution in [0.1, 0.15) is 41.9 Å². The molecule has 0 bridgehead atoms. The van der Waals surface area contributed by atoms with Gasteiger partial charge in [0.15, 0.2) is 0 Å². The minimum atomic E-state index is -0.820. The molecule has 0 aliphatic rings. The first kappa shape index (κ1) is 17.2. The van der Waals surface area contributed by atoms with Gasteiger partial charge in [-0.2, -0.15) is 0 Å². The smallest absolute Gasteiger partial charge is 0.303 e. The zero-order valence-electron chi connectivity index (χ0n) is 11.9. The summed E-state index contributed by atoms with van der Waals surface area (Å²) in [5.41, 5.74) is 1.03. The van der Waals surface area contributed by atoms with Crippen LogP contribution in [0.4, 0.5) is 0 Å². The summed E-state index contributed by atoms with van der Waals surface area (Å²) >= 11 is 4.78. The first-order valence-electron chi connectivity index (χ1n) is 6.55. The standard InChI is InChI=1S/C14H20BrNO3S/c1-8(2)4-10(6-12(17)18)7-16-14(19)11-5-9(3)13(15)20-11/h5,8,10H,4,6-7H2,1-3H3,(H,16,19)(H,17,18). The molecule has 0 aromatic carbocycles. The van der Waals surface area contributed by atoms with E-state index in [-0.39, 0.29) is 18.2 Å². The van der Waals surface area contributed by atoms with Crippen molar-refractivity contribution in [1.82, 2.24) is 5.32 Å². The van der Waals surface area contributed by atoms with Crippen LogP contribution in [-0.4, -0.2) is 23.5 Å². The van der Waals surface area contributed by atoms with Gasteiger partial charge in [-0.25, -0.2) is 0 Å². The molecule has 0 aliphatic heterocycles. The van der Waals surface area contributed by atoms with Gasteiger partial charge in [-0.05, 0) is 52.7 Å². The number of carbonyl (C=O) groups is 2. The minimum Gasteiger partial charge on any atom is -0.481 e. The van der Waals surface area contributed by atoms with Crippen LogP contribution in [0.2, 0.25) is 0 Å². The molecule has 4 nitrogen and oxygen atoms in total. The van der Waals surface area contributed by atoms with Crippen molar-refractivity contribution < 1.29 is 14.7 Å². The Labute approximate surface area is 131 Å². The van der Waals surface area contributed by atoms with Crippen molar-refractivity contribution in [2.45, 2.75) is 33.6 Å². The Balaban J connectivity index is 2.57. The number of halogens is 1. The normalized spacial score (nSPS) is 12.4. The number of thiophene rings is 1. The van der Waals surface area contributed by atoms with Crippen LogP contribution in [0, 0.1) is 18.8 Å². The molecule has 0 aliphatic carbocycles. The SMILES string of the molecule is Cc1cc(C(=O)NCC(CC(=O)O)CC(C)C)sc1Br. The number of amides is 1. The van der Waals surface area contributed by atoms with E-state index in [0.717, 1.165) is 15.8 Å². The highest BCUT2D eigenvalue weighted by Gasteiger charge is 2.17. The van der Waals surface area contributed by atoms with E-state index in [1.165, 1.54) is 11.3 Å². The van der Waals surface area contributed by atoms with Crippen molar-refractivity contribution in [1.29, 1.82) is 0 Å². The highest BCUT2D eigenvalue weighted by Crippen LogP contribution is 2.27. The Bertz CT molecular complexity index is 465. The van der Waals surface area contributed by atoms with E-state index in [1.807, 2.05) is 13.0 Å². The monoisotopic (exact) mass is 361 g/mol. The van der Waals surface area contributed by atoms with Gasteiger partial charge in [0.25, 0.3) is 5.91 Å². The summed E-state index contributed by atoms with van der Waals surface area (Å²) in [5.74, 6) is -0.571. The summed E-state index contributed by atoms with van der Waals surface area (Å²) < 4.78 is 0.951. The zero-order chi connectivity index (χ0) is 15.3. The van der Waals surface area contributed by atoms with Crippen LogP contribution in [0.5, 0.6) is 0 Å². The molecule has 1 aromatic rings. The van der Waals surface area contributed by atoms with Crippen LogP contribution >= 0.6 is 27.3 Å². The maximum atomic E-state index is 12.0. The zero-order valence-corrected chi connectivity index (χ0v) is 14.3. The average Bonchev–Trinajstić information content (AvgIpc) is 2.65. The second-order valence-electron chi connectivity index (χ2n) is 5.37. The first-order chi connectivity index (χ1) is 9.29. The van der Waals surface area contributed by atoms with Gasteiger partial charge in [0, 0.05) is 13.0 Å². The Kier molecular flexibility index (Phi) is 6.68. The second kappa shape index (κ2) is 7.78. The van der Waals surface area contributed by atoms with Crippen molar-refractivity contribution in [3.8, 4) is 0 Å². The molecule has 2 N–H and O–H groups in total. The van der Waals surface area contributed by atoms with E-state index in [2.05, 4.69) is 35.1 Å². The number of hydrogen-bond donors (Lipinski definition) is 2. The third-order valence-electron chi connectivity index (χ3n) is 2.90. The van der Waals surface area contributed by atoms with Crippen molar-refractivity contribution in [3.63, 3.8) is 0 Å². The summed E-state index contributed by atoms with van der Waals surface area (Å²) in [7, 11) is 0. The van der Waals surface area contributed by atoms with Crippen LogP contribution in [-0.2, 0) is 4.79 Å². The van der Waals surface area contributed by atoms with Gasteiger partial charge in [-0.1, -0.05) is 13.8 Å². The van der Waals surface area contributed by atoms with Crippen LogP contribution in [0.3, 0.4) is 0 Å². The Morgan fingerprint density at radius 3 is 2.55 bits per heavy atom. The molecule has 1 amide bonds. The maximum Gasteiger partial charge on any atom is 0.303 e. The summed E-state index contributed by atoms with van der Waals surface area (Å²) in [4.78, 5) is 23.5. The van der Waals surface area contributed by atoms with Crippen LogP contribution in [0.15, 0.2) is 9.85 Å². The fourth-order valence-electron chi connectivity index (χ4n) is 2.05. The third kappa shape index (κ3) is 5.63. The lowest BCUT2D eigenvalue weighted by atomic mass is 9.94. The fourth-order valence-corrected chi connectivity index (χ4v) is 3.50. The highest BCUT2D eigenvalue weighted by molar-refractivity contribution is 9.11. The number of nitrogens with one attached hydrogen (secondary N) is 1. The molecule has 20 heavy (non-hydrogen) atoms. The molecule has 0 saturated heterocycles. The molecule has 0 saturated carbocycles. The lowest BCUT2D eigenvalue weighted by Gasteiger charge is -2.17. The first-order valence-corrected chi connectivity index (χ1v) is 8.16. The molecule has 0 fully saturated rings. The van der Waals surface area contributed by atoms with Crippen molar-refractivity contribution in [2.24, 2.45) is 11.8 Å². The van der Waals surface area contributed by atoms with Gasteiger partial charge < -0.3 is 10.4 Å². The number of carboxylic acid groups (broad SMARTS) is 1. The number of hydrogen-bond acceptors (Lipinski definition) is 3. The molecule has 1 aromatic heterocycles. The number of aliphatic carboxylic acids is 1. The quantitative estimate of drug-likeness (QED) is 0.778. The molecule has 1 unspecified atom stereocenters. The van der Waals surface area contributed by atoms with Gasteiger partial charge >= 0.3 is 5.97 Å². The van der Waals surface area contributed by atoms with Crippen molar-refractivity contribution in [2.75, 3.05) is 6.54 Å². The molecule has 1 atom stereocenters. The van der Waals surface area contributed by atoms with E-state index in [1.54, 1.807) is 0 Å². The molecule has 112 valence electrons. The molecular weight excluding hydrogens is 342 g/mol. The highest BCUT2D eigenvalue weighted by atomic mass is 79.9. The van der Waals surface area contributed by atoms with E-state index >= 15 is 0 Å². The van der Waals surface area contributed by atoms with E-state index in [4.69, 9.17) is 5.11 Å². The predicted octanol–water partition coefficient (Wildman–Crippen LogP) is 3.69. The Morgan fingerprint density at radius 1 is 1.45 bits per heavy atom. The van der Waals surface area contributed by atoms with Gasteiger partial charge in [0.05, 0.1) is 8.66 Å². The lowest BCUT2D eigenvalue weighted by molar-refractivity contribution is -0.138. The lowest BCUT2D eigenvalue weighted by Crippen LogP contribution is -2.30. The van der Waals surface area contributed by atoms with Gasteiger partial charge in [0.1, 0.15) is 0 Å². The second-order valence-corrected chi connectivity index (χ2v) is 7.74. The van der Waals surface area contributed by atoms with E-state index < -0.39 is 5.97 Å². The number of carboxylic acids is 1. The van der Waals surface area contributed by atoms with Crippen molar-refractivity contribution >= 4 is 39.1 Å². The largest absolute Gasteiger partial charge is 0.481 e. The maximum absolute atomic E-state index is 12.0. The molecule has 6 heteroatoms. The molecular formula is C14H20BrNO3S. The Hall–Kier alpha value is -0.880. The average molecular weight is 362 g/mol. The van der Waals surface area contributed by atoms with Gasteiger partial charge in [-0.3, -0.25) is 9.59 Å². The third-order valence-corrected chi connectivity index (χ3v) is 5.04. The topological polar surface area (TPSA) is 66.4 Å². The summed E-state index contributed by atoms with van der Waals surface area (Å²) in [6.07, 6.45) is 0.880.